The number of hydrogen-bond acceptors (Lipinski definition) is 3. The monoisotopic (exact) mass is 246 g/mol. The van der Waals surface area contributed by atoms with Crippen LogP contribution in [0.2, 0.25) is 0 Å². The van der Waals surface area contributed by atoms with E-state index in [1.165, 1.54) is 11.3 Å². The molecule has 0 radical (unpaired) electrons. The maximum Gasteiger partial charge on any atom is 0.263 e. The highest BCUT2D eigenvalue weighted by Crippen LogP contribution is 2.20. The molecule has 0 saturated heterocycles. The van der Waals surface area contributed by atoms with Gasteiger partial charge in [0, 0.05) is 0 Å². The molecule has 3 nitrogen and oxygen atoms in total. The molecule has 0 saturated carbocycles. The molecule has 17 heavy (non-hydrogen) atoms. The van der Waals surface area contributed by atoms with E-state index in [2.05, 4.69) is 5.32 Å². The van der Waals surface area contributed by atoms with Crippen LogP contribution in [0.1, 0.15) is 28.2 Å². The Bertz CT molecular complexity index is 507. The molecule has 3 N–H and O–H groups in total. The van der Waals surface area contributed by atoms with Crippen LogP contribution in [0, 0.1) is 0 Å². The quantitative estimate of drug-likeness (QED) is 0.875. The van der Waals surface area contributed by atoms with Crippen molar-refractivity contribution in [2.75, 3.05) is 5.73 Å². The Kier molecular flexibility index (Phi) is 3.44. The first kappa shape index (κ1) is 11.7. The smallest absolute Gasteiger partial charge is 0.263 e. The van der Waals surface area contributed by atoms with E-state index in [-0.39, 0.29) is 11.9 Å². The van der Waals surface area contributed by atoms with Crippen molar-refractivity contribution in [2.24, 2.45) is 0 Å². The second kappa shape index (κ2) is 5.01. The molecule has 0 spiro atoms. The van der Waals surface area contributed by atoms with Crippen LogP contribution in [0.5, 0.6) is 0 Å². The fourth-order valence-corrected chi connectivity index (χ4v) is 2.31. The Hall–Kier alpha value is -1.81. The Balaban J connectivity index is 2.08. The highest BCUT2D eigenvalue weighted by Gasteiger charge is 2.14. The number of benzene rings is 1. The van der Waals surface area contributed by atoms with Crippen LogP contribution in [0.25, 0.3) is 0 Å². The number of thiophene rings is 1. The van der Waals surface area contributed by atoms with Crippen LogP contribution in [0.15, 0.2) is 41.8 Å². The summed E-state index contributed by atoms with van der Waals surface area (Å²) < 4.78 is 0. The molecule has 2 aromatic rings. The Labute approximate surface area is 104 Å². The summed E-state index contributed by atoms with van der Waals surface area (Å²) in [7, 11) is 0. The third-order valence-electron chi connectivity index (χ3n) is 2.55. The molecule has 1 atom stereocenters. The molecular formula is C13H14N2OS. The number of rotatable bonds is 3. The van der Waals surface area contributed by atoms with Gasteiger partial charge in [-0.05, 0) is 23.9 Å². The van der Waals surface area contributed by atoms with Gasteiger partial charge in [0.25, 0.3) is 5.91 Å². The highest BCUT2D eigenvalue weighted by atomic mass is 32.1. The third-order valence-corrected chi connectivity index (χ3v) is 3.48. The highest BCUT2D eigenvalue weighted by molar-refractivity contribution is 7.12. The van der Waals surface area contributed by atoms with Gasteiger partial charge in [0.15, 0.2) is 0 Å². The maximum atomic E-state index is 11.9. The fourth-order valence-electron chi connectivity index (χ4n) is 1.59. The van der Waals surface area contributed by atoms with E-state index < -0.39 is 0 Å². The number of anilines is 1. The minimum atomic E-state index is -0.117. The van der Waals surface area contributed by atoms with Crippen LogP contribution < -0.4 is 11.1 Å². The Morgan fingerprint density at radius 2 is 2.00 bits per heavy atom. The van der Waals surface area contributed by atoms with Crippen LogP contribution in [-0.4, -0.2) is 5.91 Å². The first-order valence-corrected chi connectivity index (χ1v) is 6.25. The molecule has 0 unspecified atom stereocenters. The molecule has 0 aliphatic rings. The van der Waals surface area contributed by atoms with Crippen LogP contribution >= 0.6 is 11.3 Å². The summed E-state index contributed by atoms with van der Waals surface area (Å²) >= 11 is 1.36. The van der Waals surface area contributed by atoms with Crippen LogP contribution in [0.4, 0.5) is 5.69 Å². The molecule has 1 aromatic heterocycles. The molecule has 1 heterocycles. The molecule has 0 aliphatic heterocycles. The predicted molar refractivity (Wildman–Crippen MR) is 71.1 cm³/mol. The summed E-state index contributed by atoms with van der Waals surface area (Å²) in [6.07, 6.45) is 0. The molecule has 1 amide bonds. The zero-order chi connectivity index (χ0) is 12.3. The van der Waals surface area contributed by atoms with Crippen molar-refractivity contribution in [1.82, 2.24) is 5.32 Å². The average Bonchev–Trinajstić information content (AvgIpc) is 2.76. The van der Waals surface area contributed by atoms with Gasteiger partial charge in [-0.1, -0.05) is 30.3 Å². The van der Waals surface area contributed by atoms with Gasteiger partial charge in [0.1, 0.15) is 4.88 Å². The Morgan fingerprint density at radius 1 is 1.29 bits per heavy atom. The van der Waals surface area contributed by atoms with Gasteiger partial charge in [0.05, 0.1) is 11.7 Å². The number of hydrogen-bond donors (Lipinski definition) is 2. The standard InChI is InChI=1S/C13H14N2OS/c1-9(10-5-3-2-4-6-10)15-13(16)12-11(14)7-8-17-12/h2-9H,14H2,1H3,(H,15,16)/t9-/m1/s1. The van der Waals surface area contributed by atoms with Crippen molar-refractivity contribution in [3.63, 3.8) is 0 Å². The zero-order valence-electron chi connectivity index (χ0n) is 9.51. The molecule has 0 bridgehead atoms. The lowest BCUT2D eigenvalue weighted by Crippen LogP contribution is -2.26. The lowest BCUT2D eigenvalue weighted by Gasteiger charge is -2.13. The maximum absolute atomic E-state index is 11.9. The minimum Gasteiger partial charge on any atom is -0.397 e. The summed E-state index contributed by atoms with van der Waals surface area (Å²) in [5.41, 5.74) is 7.32. The first-order chi connectivity index (χ1) is 8.18. The Morgan fingerprint density at radius 3 is 2.59 bits per heavy atom. The molecule has 88 valence electrons. The van der Waals surface area contributed by atoms with Gasteiger partial charge in [-0.25, -0.2) is 0 Å². The van der Waals surface area contributed by atoms with E-state index in [0.29, 0.717) is 10.6 Å². The number of nitrogens with two attached hydrogens (primary N) is 1. The average molecular weight is 246 g/mol. The summed E-state index contributed by atoms with van der Waals surface area (Å²) in [6.45, 7) is 1.96. The summed E-state index contributed by atoms with van der Waals surface area (Å²) in [4.78, 5) is 12.5. The summed E-state index contributed by atoms with van der Waals surface area (Å²) in [5, 5.41) is 4.75. The van der Waals surface area contributed by atoms with E-state index in [1.54, 1.807) is 6.07 Å². The zero-order valence-corrected chi connectivity index (χ0v) is 10.3. The second-order valence-corrected chi connectivity index (χ2v) is 4.73. The lowest BCUT2D eigenvalue weighted by atomic mass is 10.1. The fraction of sp³-hybridized carbons (Fsp3) is 0.154. The molecule has 0 aliphatic carbocycles. The molecule has 0 fully saturated rings. The summed E-state index contributed by atoms with van der Waals surface area (Å²) in [6, 6.07) is 11.6. The van der Waals surface area contributed by atoms with Gasteiger partial charge in [-0.2, -0.15) is 0 Å². The van der Waals surface area contributed by atoms with Crippen molar-refractivity contribution in [3.05, 3.63) is 52.2 Å². The van der Waals surface area contributed by atoms with Crippen molar-refractivity contribution >= 4 is 22.9 Å². The topological polar surface area (TPSA) is 55.1 Å². The second-order valence-electron chi connectivity index (χ2n) is 3.81. The molecule has 2 rings (SSSR count). The normalized spacial score (nSPS) is 12.1. The summed E-state index contributed by atoms with van der Waals surface area (Å²) in [5.74, 6) is -0.117. The van der Waals surface area contributed by atoms with Gasteiger partial charge >= 0.3 is 0 Å². The number of amides is 1. The van der Waals surface area contributed by atoms with E-state index in [1.807, 2.05) is 42.6 Å². The molecular weight excluding hydrogens is 232 g/mol. The molecule has 4 heteroatoms. The van der Waals surface area contributed by atoms with E-state index >= 15 is 0 Å². The number of nitrogens with one attached hydrogen (secondary N) is 1. The SMILES string of the molecule is C[C@@H](NC(=O)c1sccc1N)c1ccccc1. The van der Waals surface area contributed by atoms with E-state index in [9.17, 15) is 4.79 Å². The van der Waals surface area contributed by atoms with Gasteiger partial charge in [0.2, 0.25) is 0 Å². The van der Waals surface area contributed by atoms with Crippen molar-refractivity contribution in [3.8, 4) is 0 Å². The van der Waals surface area contributed by atoms with E-state index in [0.717, 1.165) is 5.56 Å². The van der Waals surface area contributed by atoms with Gasteiger partial charge in [-0.3, -0.25) is 4.79 Å². The number of nitrogen functional groups attached to an aromatic ring is 1. The van der Waals surface area contributed by atoms with Crippen LogP contribution in [0.3, 0.4) is 0 Å². The third kappa shape index (κ3) is 2.65. The van der Waals surface area contributed by atoms with Gasteiger partial charge in [-0.15, -0.1) is 11.3 Å². The van der Waals surface area contributed by atoms with Gasteiger partial charge < -0.3 is 11.1 Å². The largest absolute Gasteiger partial charge is 0.397 e. The van der Waals surface area contributed by atoms with Crippen molar-refractivity contribution < 1.29 is 4.79 Å². The van der Waals surface area contributed by atoms with E-state index in [4.69, 9.17) is 5.73 Å². The van der Waals surface area contributed by atoms with Crippen molar-refractivity contribution in [1.29, 1.82) is 0 Å². The van der Waals surface area contributed by atoms with Crippen LogP contribution in [-0.2, 0) is 0 Å². The lowest BCUT2D eigenvalue weighted by molar-refractivity contribution is 0.0945. The minimum absolute atomic E-state index is 0.0230. The first-order valence-electron chi connectivity index (χ1n) is 5.37. The molecule has 1 aromatic carbocycles. The number of carbonyl (C=O) groups is 1. The van der Waals surface area contributed by atoms with Crippen molar-refractivity contribution in [2.45, 2.75) is 13.0 Å². The predicted octanol–water partition coefficient (Wildman–Crippen LogP) is 2.82. The number of carbonyl (C=O) groups excluding carboxylic acids is 1.